The van der Waals surface area contributed by atoms with E-state index in [-0.39, 0.29) is 11.5 Å². The lowest BCUT2D eigenvalue weighted by Gasteiger charge is -2.43. The molecule has 0 aromatic rings. The van der Waals surface area contributed by atoms with Crippen LogP contribution in [0.3, 0.4) is 0 Å². The summed E-state index contributed by atoms with van der Waals surface area (Å²) in [4.78, 5) is 2.46. The summed E-state index contributed by atoms with van der Waals surface area (Å²) < 4.78 is 0. The Morgan fingerprint density at radius 2 is 1.94 bits per heavy atom. The van der Waals surface area contributed by atoms with Crippen LogP contribution in [0.2, 0.25) is 0 Å². The molecule has 1 aliphatic heterocycles. The highest BCUT2D eigenvalue weighted by atomic mass is 16.3. The Bertz CT molecular complexity index is 238. The van der Waals surface area contributed by atoms with Crippen molar-refractivity contribution in [3.8, 4) is 0 Å². The van der Waals surface area contributed by atoms with Crippen molar-refractivity contribution in [2.24, 2.45) is 11.3 Å². The molecule has 0 radical (unpaired) electrons. The molecule has 1 saturated carbocycles. The maximum Gasteiger partial charge on any atom is 0.0590 e. The first kappa shape index (κ1) is 13.3. The maximum atomic E-state index is 9.75. The molecule has 0 spiro atoms. The first-order valence-electron chi connectivity index (χ1n) is 7.16. The predicted molar refractivity (Wildman–Crippen MR) is 68.8 cm³/mol. The fourth-order valence-electron chi connectivity index (χ4n) is 3.51. The summed E-state index contributed by atoms with van der Waals surface area (Å²) in [5.74, 6) is 0.378. The van der Waals surface area contributed by atoms with Crippen molar-refractivity contribution in [3.63, 3.8) is 0 Å². The molecule has 2 N–H and O–H groups in total. The van der Waals surface area contributed by atoms with Crippen molar-refractivity contribution >= 4 is 0 Å². The number of nitrogens with zero attached hydrogens (tertiary/aromatic N) is 1. The van der Waals surface area contributed by atoms with Gasteiger partial charge in [0, 0.05) is 31.7 Å². The monoisotopic (exact) mass is 241 g/mol. The van der Waals surface area contributed by atoms with E-state index in [4.69, 9.17) is 0 Å². The zero-order valence-corrected chi connectivity index (χ0v) is 11.1. The third-order valence-electron chi connectivity index (χ3n) is 4.75. The first-order chi connectivity index (χ1) is 8.15. The molecule has 1 saturated heterocycles. The highest BCUT2D eigenvalue weighted by molar-refractivity contribution is 4.88. The lowest BCUT2D eigenvalue weighted by atomic mass is 9.74. The van der Waals surface area contributed by atoms with Crippen molar-refractivity contribution in [1.82, 2.24) is 4.90 Å². The highest BCUT2D eigenvalue weighted by Gasteiger charge is 2.35. The zero-order valence-electron chi connectivity index (χ0n) is 11.1. The lowest BCUT2D eigenvalue weighted by Crippen LogP contribution is -2.48. The smallest absolute Gasteiger partial charge is 0.0590 e. The van der Waals surface area contributed by atoms with E-state index in [1.54, 1.807) is 0 Å². The fraction of sp³-hybridized carbons (Fsp3) is 1.00. The molecule has 17 heavy (non-hydrogen) atoms. The second kappa shape index (κ2) is 5.68. The molecule has 2 atom stereocenters. The number of aliphatic hydroxyl groups excluding tert-OH is 2. The summed E-state index contributed by atoms with van der Waals surface area (Å²) in [7, 11) is 0. The van der Waals surface area contributed by atoms with E-state index in [0.29, 0.717) is 12.5 Å². The van der Waals surface area contributed by atoms with Gasteiger partial charge in [0.2, 0.25) is 0 Å². The van der Waals surface area contributed by atoms with Gasteiger partial charge in [0.1, 0.15) is 0 Å². The quantitative estimate of drug-likeness (QED) is 0.789. The van der Waals surface area contributed by atoms with Crippen LogP contribution in [0.4, 0.5) is 0 Å². The van der Waals surface area contributed by atoms with Crippen molar-refractivity contribution in [2.45, 2.75) is 51.6 Å². The van der Waals surface area contributed by atoms with Crippen LogP contribution in [0.5, 0.6) is 0 Å². The second-order valence-corrected chi connectivity index (χ2v) is 6.29. The Morgan fingerprint density at radius 3 is 2.53 bits per heavy atom. The van der Waals surface area contributed by atoms with Gasteiger partial charge in [-0.25, -0.2) is 0 Å². The molecule has 0 aromatic carbocycles. The summed E-state index contributed by atoms with van der Waals surface area (Å²) in [6.07, 6.45) is 7.00. The van der Waals surface area contributed by atoms with E-state index in [0.717, 1.165) is 26.1 Å². The van der Waals surface area contributed by atoms with Crippen molar-refractivity contribution < 1.29 is 10.2 Å². The third kappa shape index (κ3) is 3.21. The van der Waals surface area contributed by atoms with E-state index in [1.165, 1.54) is 32.1 Å². The van der Waals surface area contributed by atoms with Crippen LogP contribution in [0.1, 0.15) is 45.4 Å². The molecule has 0 amide bonds. The minimum absolute atomic E-state index is 0.123. The SMILES string of the molecule is CC1CN(CC2(CO)CCCCC2)CCC1O. The number of hydrogen-bond acceptors (Lipinski definition) is 3. The van der Waals surface area contributed by atoms with Crippen molar-refractivity contribution in [1.29, 1.82) is 0 Å². The molecule has 1 aliphatic carbocycles. The van der Waals surface area contributed by atoms with E-state index in [1.807, 2.05) is 0 Å². The van der Waals surface area contributed by atoms with Crippen LogP contribution in [0.25, 0.3) is 0 Å². The Kier molecular flexibility index (Phi) is 4.45. The van der Waals surface area contributed by atoms with Gasteiger partial charge in [-0.2, -0.15) is 0 Å². The van der Waals surface area contributed by atoms with E-state index < -0.39 is 0 Å². The van der Waals surface area contributed by atoms with Gasteiger partial charge >= 0.3 is 0 Å². The Balaban J connectivity index is 1.90. The van der Waals surface area contributed by atoms with Gasteiger partial charge in [0.25, 0.3) is 0 Å². The molecule has 100 valence electrons. The van der Waals surface area contributed by atoms with Gasteiger partial charge in [-0.15, -0.1) is 0 Å². The number of piperidine rings is 1. The highest BCUT2D eigenvalue weighted by Crippen LogP contribution is 2.37. The summed E-state index contributed by atoms with van der Waals surface area (Å²) >= 11 is 0. The van der Waals surface area contributed by atoms with Crippen LogP contribution < -0.4 is 0 Å². The normalized spacial score (nSPS) is 34.8. The van der Waals surface area contributed by atoms with Crippen LogP contribution >= 0.6 is 0 Å². The molecule has 3 nitrogen and oxygen atoms in total. The summed E-state index contributed by atoms with van der Waals surface area (Å²) in [6.45, 7) is 5.47. The zero-order chi connectivity index (χ0) is 12.3. The Labute approximate surface area is 105 Å². The maximum absolute atomic E-state index is 9.75. The van der Waals surface area contributed by atoms with Gasteiger partial charge in [-0.1, -0.05) is 26.2 Å². The molecule has 0 aromatic heterocycles. The number of hydrogen-bond donors (Lipinski definition) is 2. The molecule has 2 rings (SSSR count). The summed E-state index contributed by atoms with van der Waals surface area (Å²) in [5.41, 5.74) is 0.153. The van der Waals surface area contributed by atoms with E-state index in [2.05, 4.69) is 11.8 Å². The van der Waals surface area contributed by atoms with Crippen molar-refractivity contribution in [3.05, 3.63) is 0 Å². The van der Waals surface area contributed by atoms with E-state index in [9.17, 15) is 10.2 Å². The van der Waals surface area contributed by atoms with Crippen LogP contribution in [0, 0.1) is 11.3 Å². The Morgan fingerprint density at radius 1 is 1.24 bits per heavy atom. The first-order valence-corrected chi connectivity index (χ1v) is 7.16. The molecule has 3 heteroatoms. The average Bonchev–Trinajstić information content (AvgIpc) is 2.35. The van der Waals surface area contributed by atoms with Gasteiger partial charge < -0.3 is 15.1 Å². The molecule has 0 bridgehead atoms. The van der Waals surface area contributed by atoms with Gasteiger partial charge in [-0.3, -0.25) is 0 Å². The minimum Gasteiger partial charge on any atom is -0.396 e. The number of likely N-dealkylation sites (tertiary alicyclic amines) is 1. The standard InChI is InChI=1S/C14H27NO2/c1-12-9-15(8-5-13(12)17)10-14(11-16)6-3-2-4-7-14/h12-13,16-17H,2-11H2,1H3. The Hall–Kier alpha value is -0.120. The van der Waals surface area contributed by atoms with E-state index >= 15 is 0 Å². The number of aliphatic hydroxyl groups is 2. The minimum atomic E-state index is -0.123. The number of rotatable bonds is 3. The molecular weight excluding hydrogens is 214 g/mol. The van der Waals surface area contributed by atoms with Gasteiger partial charge in [0.05, 0.1) is 6.10 Å². The van der Waals surface area contributed by atoms with Crippen LogP contribution in [-0.2, 0) is 0 Å². The lowest BCUT2D eigenvalue weighted by molar-refractivity contribution is -0.00922. The molecule has 2 fully saturated rings. The second-order valence-electron chi connectivity index (χ2n) is 6.29. The largest absolute Gasteiger partial charge is 0.396 e. The van der Waals surface area contributed by atoms with Crippen LogP contribution in [-0.4, -0.2) is 47.5 Å². The molecule has 1 heterocycles. The average molecular weight is 241 g/mol. The summed E-state index contributed by atoms with van der Waals surface area (Å²) in [6, 6.07) is 0. The van der Waals surface area contributed by atoms with Gasteiger partial charge in [0.15, 0.2) is 0 Å². The topological polar surface area (TPSA) is 43.7 Å². The van der Waals surface area contributed by atoms with Crippen LogP contribution in [0.15, 0.2) is 0 Å². The molecule has 2 aliphatic rings. The summed E-state index contributed by atoms with van der Waals surface area (Å²) in [5, 5.41) is 19.5. The molecule has 2 unspecified atom stereocenters. The third-order valence-corrected chi connectivity index (χ3v) is 4.75. The predicted octanol–water partition coefficient (Wildman–Crippen LogP) is 1.63. The van der Waals surface area contributed by atoms with Gasteiger partial charge in [-0.05, 0) is 25.2 Å². The molecular formula is C14H27NO2. The fourth-order valence-corrected chi connectivity index (χ4v) is 3.51. The van der Waals surface area contributed by atoms with Crippen molar-refractivity contribution in [2.75, 3.05) is 26.2 Å².